The van der Waals surface area contributed by atoms with E-state index >= 15 is 0 Å². The van der Waals surface area contributed by atoms with Gasteiger partial charge >= 0.3 is 0 Å². The largest absolute Gasteiger partial charge is 0.300 e. The molecule has 0 aromatic carbocycles. The molecule has 1 rings (SSSR count). The summed E-state index contributed by atoms with van der Waals surface area (Å²) in [7, 11) is 2.24. The summed E-state index contributed by atoms with van der Waals surface area (Å²) in [6.45, 7) is 4.54. The van der Waals surface area contributed by atoms with E-state index in [0.717, 1.165) is 12.1 Å². The van der Waals surface area contributed by atoms with E-state index in [4.69, 9.17) is 0 Å². The van der Waals surface area contributed by atoms with E-state index in [2.05, 4.69) is 25.8 Å². The number of rotatable bonds is 2. The molecule has 1 aliphatic rings. The van der Waals surface area contributed by atoms with E-state index in [-0.39, 0.29) is 0 Å². The van der Waals surface area contributed by atoms with Crippen LogP contribution in [0.1, 0.15) is 33.1 Å². The monoisotopic (exact) mass is 127 g/mol. The van der Waals surface area contributed by atoms with Crippen molar-refractivity contribution in [1.29, 1.82) is 0 Å². The van der Waals surface area contributed by atoms with Crippen LogP contribution in [0.15, 0.2) is 0 Å². The van der Waals surface area contributed by atoms with Crippen molar-refractivity contribution >= 4 is 0 Å². The van der Waals surface area contributed by atoms with E-state index in [0.29, 0.717) is 0 Å². The highest BCUT2D eigenvalue weighted by molar-refractivity contribution is 4.87. The Morgan fingerprint density at radius 3 is 1.89 bits per heavy atom. The standard InChI is InChI=1S/C8H17N/c1-4-7-6-8(5-2)9(7)3/h7-8H,4-6H2,1-3H3. The van der Waals surface area contributed by atoms with Gasteiger partial charge in [0.25, 0.3) is 0 Å². The first-order chi connectivity index (χ1) is 4.29. The van der Waals surface area contributed by atoms with Gasteiger partial charge in [-0.2, -0.15) is 0 Å². The molecule has 1 nitrogen and oxygen atoms in total. The maximum atomic E-state index is 2.50. The Morgan fingerprint density at radius 1 is 1.22 bits per heavy atom. The molecule has 0 radical (unpaired) electrons. The van der Waals surface area contributed by atoms with Crippen molar-refractivity contribution in [1.82, 2.24) is 4.90 Å². The molecule has 0 N–H and O–H groups in total. The summed E-state index contributed by atoms with van der Waals surface area (Å²) >= 11 is 0. The van der Waals surface area contributed by atoms with Crippen molar-refractivity contribution in [2.45, 2.75) is 45.2 Å². The Labute approximate surface area is 58.0 Å². The van der Waals surface area contributed by atoms with Gasteiger partial charge in [0.2, 0.25) is 0 Å². The zero-order valence-corrected chi connectivity index (χ0v) is 6.72. The molecule has 0 saturated carbocycles. The first-order valence-electron chi connectivity index (χ1n) is 4.01. The third-order valence-corrected chi connectivity index (χ3v) is 2.64. The predicted octanol–water partition coefficient (Wildman–Crippen LogP) is 1.88. The highest BCUT2D eigenvalue weighted by Gasteiger charge is 2.31. The number of hydrogen-bond acceptors (Lipinski definition) is 1. The number of nitrogens with zero attached hydrogens (tertiary/aromatic N) is 1. The average molecular weight is 127 g/mol. The lowest BCUT2D eigenvalue weighted by atomic mass is 9.90. The summed E-state index contributed by atoms with van der Waals surface area (Å²) in [6, 6.07) is 1.80. The van der Waals surface area contributed by atoms with Crippen LogP contribution in [-0.2, 0) is 0 Å². The van der Waals surface area contributed by atoms with Gasteiger partial charge in [-0.25, -0.2) is 0 Å². The van der Waals surface area contributed by atoms with Crippen LogP contribution in [0.25, 0.3) is 0 Å². The summed E-state index contributed by atoms with van der Waals surface area (Å²) in [6.07, 6.45) is 4.09. The number of hydrogen-bond donors (Lipinski definition) is 0. The van der Waals surface area contributed by atoms with Crippen LogP contribution in [-0.4, -0.2) is 24.0 Å². The van der Waals surface area contributed by atoms with E-state index in [1.54, 1.807) is 0 Å². The highest BCUT2D eigenvalue weighted by Crippen LogP contribution is 2.27. The Morgan fingerprint density at radius 2 is 1.67 bits per heavy atom. The van der Waals surface area contributed by atoms with Gasteiger partial charge in [0.1, 0.15) is 0 Å². The second kappa shape index (κ2) is 2.70. The molecule has 1 heteroatoms. The fourth-order valence-electron chi connectivity index (χ4n) is 1.72. The highest BCUT2D eigenvalue weighted by atomic mass is 15.2. The van der Waals surface area contributed by atoms with Crippen molar-refractivity contribution < 1.29 is 0 Å². The van der Waals surface area contributed by atoms with Crippen LogP contribution in [0.5, 0.6) is 0 Å². The van der Waals surface area contributed by atoms with Gasteiger partial charge in [-0.15, -0.1) is 0 Å². The Balaban J connectivity index is 2.24. The molecule has 2 unspecified atom stereocenters. The van der Waals surface area contributed by atoms with Gasteiger partial charge in [0.05, 0.1) is 0 Å². The lowest BCUT2D eigenvalue weighted by Crippen LogP contribution is -2.52. The summed E-state index contributed by atoms with van der Waals surface area (Å²) in [4.78, 5) is 2.50. The molecule has 0 aromatic rings. The van der Waals surface area contributed by atoms with Gasteiger partial charge in [0.15, 0.2) is 0 Å². The summed E-state index contributed by atoms with van der Waals surface area (Å²) in [5, 5.41) is 0. The zero-order valence-electron chi connectivity index (χ0n) is 6.72. The normalized spacial score (nSPS) is 36.3. The SMILES string of the molecule is CCC1CC(CC)N1C. The molecule has 2 atom stereocenters. The van der Waals surface area contributed by atoms with Gasteiger partial charge in [-0.05, 0) is 26.3 Å². The molecule has 0 aliphatic carbocycles. The minimum absolute atomic E-state index is 0.898. The second-order valence-corrected chi connectivity index (χ2v) is 3.03. The van der Waals surface area contributed by atoms with E-state index in [9.17, 15) is 0 Å². The number of likely N-dealkylation sites (tertiary alicyclic amines) is 1. The molecule has 54 valence electrons. The minimum atomic E-state index is 0.898. The smallest absolute Gasteiger partial charge is 0.0107 e. The van der Waals surface area contributed by atoms with Crippen LogP contribution in [0, 0.1) is 0 Å². The molecule has 9 heavy (non-hydrogen) atoms. The maximum absolute atomic E-state index is 2.50. The fraction of sp³-hybridized carbons (Fsp3) is 1.00. The molecule has 1 aliphatic heterocycles. The molecular weight excluding hydrogens is 110 g/mol. The van der Waals surface area contributed by atoms with Crippen LogP contribution in [0.2, 0.25) is 0 Å². The predicted molar refractivity (Wildman–Crippen MR) is 40.5 cm³/mol. The molecular formula is C8H17N. The molecule has 0 spiro atoms. The summed E-state index contributed by atoms with van der Waals surface area (Å²) < 4.78 is 0. The summed E-state index contributed by atoms with van der Waals surface area (Å²) in [5.74, 6) is 0. The van der Waals surface area contributed by atoms with Gasteiger partial charge in [0, 0.05) is 12.1 Å². The van der Waals surface area contributed by atoms with Crippen LogP contribution in [0.4, 0.5) is 0 Å². The van der Waals surface area contributed by atoms with Crippen molar-refractivity contribution in [2.75, 3.05) is 7.05 Å². The quantitative estimate of drug-likeness (QED) is 0.547. The Hall–Kier alpha value is -0.0400. The molecule has 0 bridgehead atoms. The minimum Gasteiger partial charge on any atom is -0.300 e. The lowest BCUT2D eigenvalue weighted by molar-refractivity contribution is 0.0394. The second-order valence-electron chi connectivity index (χ2n) is 3.03. The third kappa shape index (κ3) is 1.11. The van der Waals surface area contributed by atoms with Crippen molar-refractivity contribution in [2.24, 2.45) is 0 Å². The first-order valence-corrected chi connectivity index (χ1v) is 4.01. The molecule has 0 aromatic heterocycles. The maximum Gasteiger partial charge on any atom is 0.0107 e. The fourth-order valence-corrected chi connectivity index (χ4v) is 1.72. The molecule has 1 fully saturated rings. The van der Waals surface area contributed by atoms with Gasteiger partial charge < -0.3 is 4.90 Å². The summed E-state index contributed by atoms with van der Waals surface area (Å²) in [5.41, 5.74) is 0. The van der Waals surface area contributed by atoms with Crippen molar-refractivity contribution in [3.8, 4) is 0 Å². The Kier molecular flexibility index (Phi) is 2.12. The van der Waals surface area contributed by atoms with E-state index in [1.165, 1.54) is 19.3 Å². The van der Waals surface area contributed by atoms with E-state index in [1.807, 2.05) is 0 Å². The van der Waals surface area contributed by atoms with Crippen LogP contribution >= 0.6 is 0 Å². The zero-order chi connectivity index (χ0) is 6.85. The van der Waals surface area contributed by atoms with Gasteiger partial charge in [-0.1, -0.05) is 13.8 Å². The van der Waals surface area contributed by atoms with Gasteiger partial charge in [-0.3, -0.25) is 0 Å². The molecule has 1 heterocycles. The Bertz CT molecular complexity index is 80.6. The first kappa shape index (κ1) is 7.07. The molecule has 1 saturated heterocycles. The van der Waals surface area contributed by atoms with Crippen LogP contribution in [0.3, 0.4) is 0 Å². The van der Waals surface area contributed by atoms with Crippen molar-refractivity contribution in [3.05, 3.63) is 0 Å². The van der Waals surface area contributed by atoms with Crippen molar-refractivity contribution in [3.63, 3.8) is 0 Å². The average Bonchev–Trinajstić information content (AvgIpc) is 1.87. The lowest BCUT2D eigenvalue weighted by Gasteiger charge is -2.45. The van der Waals surface area contributed by atoms with E-state index < -0.39 is 0 Å². The molecule has 0 amide bonds. The van der Waals surface area contributed by atoms with Crippen LogP contribution < -0.4 is 0 Å². The topological polar surface area (TPSA) is 3.24 Å². The third-order valence-electron chi connectivity index (χ3n) is 2.64.